The molecule has 1 aromatic heterocycles. The monoisotopic (exact) mass is 378 g/mol. The lowest BCUT2D eigenvalue weighted by Crippen LogP contribution is -2.09. The molecule has 0 aliphatic carbocycles. The van der Waals surface area contributed by atoms with Gasteiger partial charge >= 0.3 is 5.97 Å². The van der Waals surface area contributed by atoms with E-state index in [4.69, 9.17) is 9.47 Å². The van der Waals surface area contributed by atoms with Gasteiger partial charge in [0.2, 0.25) is 5.95 Å². The Labute approximate surface area is 163 Å². The van der Waals surface area contributed by atoms with Crippen LogP contribution in [0.25, 0.3) is 0 Å². The largest absolute Gasteiger partial charge is 0.497 e. The van der Waals surface area contributed by atoms with Crippen LogP contribution in [0.1, 0.15) is 22.8 Å². The molecule has 3 rings (SSSR count). The minimum Gasteiger partial charge on any atom is -0.497 e. The van der Waals surface area contributed by atoms with E-state index in [1.807, 2.05) is 30.3 Å². The highest BCUT2D eigenvalue weighted by Gasteiger charge is 2.12. The molecule has 0 radical (unpaired) electrons. The molecule has 0 saturated heterocycles. The summed E-state index contributed by atoms with van der Waals surface area (Å²) in [5, 5.41) is 6.34. The first kappa shape index (κ1) is 19.2. The zero-order valence-electron chi connectivity index (χ0n) is 15.8. The van der Waals surface area contributed by atoms with Crippen molar-refractivity contribution in [3.63, 3.8) is 0 Å². The second-order valence-corrected chi connectivity index (χ2v) is 5.86. The number of ether oxygens (including phenoxy) is 2. The standard InChI is InChI=1S/C21H22N4O3/c1-3-28-20(26)17-6-4-5-7-18(17)24-19-12-13-22-21(25-19)23-14-15-8-10-16(27-2)11-9-15/h4-13H,3,14H2,1-2H3,(H2,22,23,24,25). The maximum Gasteiger partial charge on any atom is 0.340 e. The van der Waals surface area contributed by atoms with Crippen molar-refractivity contribution >= 4 is 23.4 Å². The highest BCUT2D eigenvalue weighted by Crippen LogP contribution is 2.21. The first-order valence-corrected chi connectivity index (χ1v) is 8.92. The molecule has 0 atom stereocenters. The molecular weight excluding hydrogens is 356 g/mol. The molecule has 0 bridgehead atoms. The molecule has 1 heterocycles. The predicted molar refractivity (Wildman–Crippen MR) is 108 cm³/mol. The summed E-state index contributed by atoms with van der Waals surface area (Å²) < 4.78 is 10.3. The summed E-state index contributed by atoms with van der Waals surface area (Å²) in [6.07, 6.45) is 1.65. The lowest BCUT2D eigenvalue weighted by atomic mass is 10.2. The number of aromatic nitrogens is 2. The quantitative estimate of drug-likeness (QED) is 0.573. The van der Waals surface area contributed by atoms with E-state index in [1.54, 1.807) is 44.5 Å². The molecule has 28 heavy (non-hydrogen) atoms. The van der Waals surface area contributed by atoms with E-state index in [2.05, 4.69) is 20.6 Å². The van der Waals surface area contributed by atoms with Crippen LogP contribution in [-0.4, -0.2) is 29.7 Å². The minimum atomic E-state index is -0.377. The van der Waals surface area contributed by atoms with E-state index in [9.17, 15) is 4.79 Å². The molecule has 0 saturated carbocycles. The van der Waals surface area contributed by atoms with Crippen LogP contribution in [0.3, 0.4) is 0 Å². The average molecular weight is 378 g/mol. The second-order valence-electron chi connectivity index (χ2n) is 5.86. The molecule has 144 valence electrons. The number of esters is 1. The number of carbonyl (C=O) groups is 1. The number of benzene rings is 2. The van der Waals surface area contributed by atoms with Crippen LogP contribution in [0.5, 0.6) is 5.75 Å². The molecular formula is C21H22N4O3. The molecule has 0 amide bonds. The summed E-state index contributed by atoms with van der Waals surface area (Å²) in [7, 11) is 1.64. The van der Waals surface area contributed by atoms with E-state index in [0.29, 0.717) is 36.2 Å². The summed E-state index contributed by atoms with van der Waals surface area (Å²) in [5.74, 6) is 1.49. The summed E-state index contributed by atoms with van der Waals surface area (Å²) in [4.78, 5) is 20.8. The lowest BCUT2D eigenvalue weighted by Gasteiger charge is -2.12. The molecule has 2 N–H and O–H groups in total. The van der Waals surface area contributed by atoms with Gasteiger partial charge in [0.25, 0.3) is 0 Å². The highest BCUT2D eigenvalue weighted by atomic mass is 16.5. The molecule has 0 aliphatic heterocycles. The van der Waals surface area contributed by atoms with Crippen LogP contribution in [0.2, 0.25) is 0 Å². The molecule has 2 aromatic carbocycles. The second kappa shape index (κ2) is 9.36. The van der Waals surface area contributed by atoms with Crippen molar-refractivity contribution in [2.24, 2.45) is 0 Å². The smallest absolute Gasteiger partial charge is 0.340 e. The number of rotatable bonds is 8. The van der Waals surface area contributed by atoms with Gasteiger partial charge < -0.3 is 20.1 Å². The highest BCUT2D eigenvalue weighted by molar-refractivity contribution is 5.96. The third-order valence-electron chi connectivity index (χ3n) is 3.95. The van der Waals surface area contributed by atoms with Gasteiger partial charge in [0.1, 0.15) is 11.6 Å². The molecule has 7 nitrogen and oxygen atoms in total. The zero-order chi connectivity index (χ0) is 19.8. The SMILES string of the molecule is CCOC(=O)c1ccccc1Nc1ccnc(NCc2ccc(OC)cc2)n1. The third-order valence-corrected chi connectivity index (χ3v) is 3.95. The van der Waals surface area contributed by atoms with Crippen molar-refractivity contribution in [1.82, 2.24) is 9.97 Å². The Morgan fingerprint density at radius 2 is 1.86 bits per heavy atom. The number of anilines is 3. The third kappa shape index (κ3) is 4.97. The lowest BCUT2D eigenvalue weighted by molar-refractivity contribution is 0.0527. The van der Waals surface area contributed by atoms with Gasteiger partial charge in [-0.2, -0.15) is 4.98 Å². The zero-order valence-corrected chi connectivity index (χ0v) is 15.8. The van der Waals surface area contributed by atoms with Crippen LogP contribution in [0.4, 0.5) is 17.5 Å². The molecule has 7 heteroatoms. The molecule has 3 aromatic rings. The first-order chi connectivity index (χ1) is 13.7. The van der Waals surface area contributed by atoms with Crippen LogP contribution >= 0.6 is 0 Å². The summed E-state index contributed by atoms with van der Waals surface area (Å²) in [6.45, 7) is 2.67. The van der Waals surface area contributed by atoms with Crippen LogP contribution in [0.15, 0.2) is 60.8 Å². The number of carbonyl (C=O) groups excluding carboxylic acids is 1. The normalized spacial score (nSPS) is 10.2. The van der Waals surface area contributed by atoms with Gasteiger partial charge in [-0.15, -0.1) is 0 Å². The fourth-order valence-electron chi connectivity index (χ4n) is 2.55. The summed E-state index contributed by atoms with van der Waals surface area (Å²) >= 11 is 0. The van der Waals surface area contributed by atoms with Gasteiger partial charge in [0.05, 0.1) is 25.0 Å². The van der Waals surface area contributed by atoms with E-state index in [0.717, 1.165) is 11.3 Å². The van der Waals surface area contributed by atoms with Crippen LogP contribution < -0.4 is 15.4 Å². The Balaban J connectivity index is 1.69. The molecule has 0 unspecified atom stereocenters. The van der Waals surface area contributed by atoms with Crippen molar-refractivity contribution in [2.75, 3.05) is 24.4 Å². The van der Waals surface area contributed by atoms with E-state index >= 15 is 0 Å². The Morgan fingerprint density at radius 3 is 2.61 bits per heavy atom. The fraction of sp³-hybridized carbons (Fsp3) is 0.190. The van der Waals surface area contributed by atoms with Crippen LogP contribution in [-0.2, 0) is 11.3 Å². The van der Waals surface area contributed by atoms with E-state index in [-0.39, 0.29) is 5.97 Å². The number of hydrogen-bond donors (Lipinski definition) is 2. The first-order valence-electron chi connectivity index (χ1n) is 8.92. The van der Waals surface area contributed by atoms with Crippen molar-refractivity contribution < 1.29 is 14.3 Å². The van der Waals surface area contributed by atoms with Gasteiger partial charge in [0.15, 0.2) is 0 Å². The topological polar surface area (TPSA) is 85.4 Å². The maximum absolute atomic E-state index is 12.1. The number of nitrogens with one attached hydrogen (secondary N) is 2. The van der Waals surface area contributed by atoms with Crippen molar-refractivity contribution in [3.05, 3.63) is 71.9 Å². The van der Waals surface area contributed by atoms with Gasteiger partial charge in [0, 0.05) is 12.7 Å². The van der Waals surface area contributed by atoms with Crippen molar-refractivity contribution in [1.29, 1.82) is 0 Å². The Kier molecular flexibility index (Phi) is 6.41. The Morgan fingerprint density at radius 1 is 1.07 bits per heavy atom. The molecule has 0 aliphatic rings. The Hall–Kier alpha value is -3.61. The summed E-state index contributed by atoms with van der Waals surface area (Å²) in [5.41, 5.74) is 2.16. The van der Waals surface area contributed by atoms with Gasteiger partial charge in [-0.25, -0.2) is 9.78 Å². The number of para-hydroxylation sites is 1. The number of nitrogens with zero attached hydrogens (tertiary/aromatic N) is 2. The number of methoxy groups -OCH3 is 1. The van der Waals surface area contributed by atoms with Gasteiger partial charge in [-0.1, -0.05) is 24.3 Å². The molecule has 0 spiro atoms. The maximum atomic E-state index is 12.1. The van der Waals surface area contributed by atoms with Crippen molar-refractivity contribution in [2.45, 2.75) is 13.5 Å². The molecule has 0 fully saturated rings. The van der Waals surface area contributed by atoms with Crippen LogP contribution in [0, 0.1) is 0 Å². The average Bonchev–Trinajstić information content (AvgIpc) is 2.73. The predicted octanol–water partition coefficient (Wildman–Crippen LogP) is 4.02. The van der Waals surface area contributed by atoms with Gasteiger partial charge in [-0.3, -0.25) is 0 Å². The Bertz CT molecular complexity index is 929. The van der Waals surface area contributed by atoms with Gasteiger partial charge in [-0.05, 0) is 42.8 Å². The number of hydrogen-bond acceptors (Lipinski definition) is 7. The van der Waals surface area contributed by atoms with E-state index < -0.39 is 0 Å². The fourth-order valence-corrected chi connectivity index (χ4v) is 2.55. The summed E-state index contributed by atoms with van der Waals surface area (Å²) in [6, 6.07) is 16.6. The van der Waals surface area contributed by atoms with Crippen molar-refractivity contribution in [3.8, 4) is 5.75 Å². The van der Waals surface area contributed by atoms with E-state index in [1.165, 1.54) is 0 Å². The minimum absolute atomic E-state index is 0.320.